The highest BCUT2D eigenvalue weighted by Gasteiger charge is 2.51. The van der Waals surface area contributed by atoms with Crippen molar-refractivity contribution < 1.29 is 25.8 Å². The van der Waals surface area contributed by atoms with Crippen molar-refractivity contribution in [1.29, 1.82) is 0 Å². The largest absolute Gasteiger partial charge is 0.431 e. The molecule has 13 heavy (non-hydrogen) atoms. The van der Waals surface area contributed by atoms with Crippen molar-refractivity contribution in [2.24, 2.45) is 5.73 Å². The zero-order valence-electron chi connectivity index (χ0n) is 6.42. The monoisotopic (exact) mass is 217 g/mol. The third-order valence-electron chi connectivity index (χ3n) is 1.48. The summed E-state index contributed by atoms with van der Waals surface area (Å²) in [5.74, 6) is 0. The second kappa shape index (κ2) is 2.61. The lowest BCUT2D eigenvalue weighted by Crippen LogP contribution is -2.20. The molecule has 0 aliphatic carbocycles. The van der Waals surface area contributed by atoms with Gasteiger partial charge < -0.3 is 5.73 Å². The molecule has 0 radical (unpaired) electrons. The molecule has 8 heteroatoms. The van der Waals surface area contributed by atoms with Crippen molar-refractivity contribution in [1.82, 2.24) is 0 Å². The van der Waals surface area contributed by atoms with Gasteiger partial charge in [-0.05, 0) is 6.92 Å². The fourth-order valence-electron chi connectivity index (χ4n) is 0.924. The van der Waals surface area contributed by atoms with Crippen LogP contribution in [0.1, 0.15) is 6.92 Å². The van der Waals surface area contributed by atoms with E-state index in [1.165, 1.54) is 0 Å². The highest BCUT2D eigenvalue weighted by atomic mass is 32.2. The van der Waals surface area contributed by atoms with Crippen LogP contribution in [0.4, 0.5) is 13.2 Å². The van der Waals surface area contributed by atoms with Gasteiger partial charge in [0.25, 0.3) is 0 Å². The average molecular weight is 217 g/mol. The van der Waals surface area contributed by atoms with Crippen LogP contribution in [0.5, 0.6) is 0 Å². The predicted octanol–water partition coefficient (Wildman–Crippen LogP) is 0.468. The number of allylic oxidation sites excluding steroid dienone is 1. The minimum absolute atomic E-state index is 0.799. The Balaban J connectivity index is 3.34. The molecule has 1 unspecified atom stereocenters. The molecule has 4 nitrogen and oxygen atoms in total. The van der Waals surface area contributed by atoms with Crippen molar-refractivity contribution >= 4 is 10.1 Å². The standard InChI is InChI=1S/C5H6F3NO3S/c1-2-3(9)4(5(6,7)8)13(10,11)12-2/h2H,9H2,1H3. The van der Waals surface area contributed by atoms with E-state index in [0.29, 0.717) is 0 Å². The first kappa shape index (κ1) is 10.3. The number of hydrogen-bond donors (Lipinski definition) is 1. The Hall–Kier alpha value is -0.760. The van der Waals surface area contributed by atoms with Gasteiger partial charge in [0.2, 0.25) is 0 Å². The highest BCUT2D eigenvalue weighted by Crippen LogP contribution is 2.38. The molecule has 0 aromatic rings. The van der Waals surface area contributed by atoms with Crippen LogP contribution in [0, 0.1) is 0 Å². The van der Waals surface area contributed by atoms with E-state index in [9.17, 15) is 21.6 Å². The predicted molar refractivity (Wildman–Crippen MR) is 36.7 cm³/mol. The SMILES string of the molecule is CC1OS(=O)(=O)C(C(F)(F)F)=C1N. The molecule has 1 heterocycles. The first-order valence-corrected chi connectivity index (χ1v) is 4.57. The molecule has 1 aliphatic rings. The zero-order valence-corrected chi connectivity index (χ0v) is 7.24. The number of alkyl halides is 3. The van der Waals surface area contributed by atoms with Gasteiger partial charge in [0.05, 0.1) is 5.70 Å². The molecule has 0 amide bonds. The summed E-state index contributed by atoms with van der Waals surface area (Å²) >= 11 is 0. The minimum Gasteiger partial charge on any atom is -0.399 e. The van der Waals surface area contributed by atoms with Crippen molar-refractivity contribution in [2.75, 3.05) is 0 Å². The van der Waals surface area contributed by atoms with Crippen molar-refractivity contribution in [2.45, 2.75) is 19.2 Å². The van der Waals surface area contributed by atoms with Gasteiger partial charge in [0, 0.05) is 0 Å². The van der Waals surface area contributed by atoms with Crippen molar-refractivity contribution in [3.05, 3.63) is 10.6 Å². The van der Waals surface area contributed by atoms with E-state index in [0.717, 1.165) is 6.92 Å². The highest BCUT2D eigenvalue weighted by molar-refractivity contribution is 7.91. The molecule has 1 rings (SSSR count). The quantitative estimate of drug-likeness (QED) is 0.599. The Morgan fingerprint density at radius 1 is 1.46 bits per heavy atom. The Kier molecular flexibility index (Phi) is 2.07. The van der Waals surface area contributed by atoms with Crippen LogP contribution < -0.4 is 5.73 Å². The summed E-state index contributed by atoms with van der Waals surface area (Å²) in [7, 11) is -4.71. The summed E-state index contributed by atoms with van der Waals surface area (Å²) in [6.45, 7) is 1.13. The van der Waals surface area contributed by atoms with Gasteiger partial charge in [0.15, 0.2) is 4.91 Å². The first-order chi connectivity index (χ1) is 5.66. The van der Waals surface area contributed by atoms with Crippen molar-refractivity contribution in [3.8, 4) is 0 Å². The van der Waals surface area contributed by atoms with Gasteiger partial charge in [-0.2, -0.15) is 21.6 Å². The topological polar surface area (TPSA) is 69.4 Å². The van der Waals surface area contributed by atoms with E-state index in [1.54, 1.807) is 0 Å². The smallest absolute Gasteiger partial charge is 0.399 e. The summed E-state index contributed by atoms with van der Waals surface area (Å²) in [4.78, 5) is -1.78. The van der Waals surface area contributed by atoms with E-state index in [2.05, 4.69) is 4.18 Å². The molecule has 0 spiro atoms. The summed E-state index contributed by atoms with van der Waals surface area (Å²) in [6.07, 6.45) is -6.24. The molecule has 0 saturated carbocycles. The lowest BCUT2D eigenvalue weighted by atomic mass is 10.3. The van der Waals surface area contributed by atoms with Gasteiger partial charge in [0.1, 0.15) is 6.10 Å². The Bertz CT molecular complexity index is 356. The Labute approximate surface area is 72.3 Å². The molecule has 0 aromatic heterocycles. The maximum absolute atomic E-state index is 12.1. The van der Waals surface area contributed by atoms with Gasteiger partial charge in [-0.15, -0.1) is 0 Å². The Morgan fingerprint density at radius 2 is 1.92 bits per heavy atom. The van der Waals surface area contributed by atoms with Crippen LogP contribution in [-0.4, -0.2) is 20.7 Å². The fraction of sp³-hybridized carbons (Fsp3) is 0.600. The van der Waals surface area contributed by atoms with E-state index >= 15 is 0 Å². The van der Waals surface area contributed by atoms with E-state index in [1.807, 2.05) is 0 Å². The molecule has 0 bridgehead atoms. The second-order valence-corrected chi connectivity index (χ2v) is 3.98. The molecular weight excluding hydrogens is 211 g/mol. The number of hydrogen-bond acceptors (Lipinski definition) is 4. The molecule has 0 fully saturated rings. The lowest BCUT2D eigenvalue weighted by molar-refractivity contribution is -0.0851. The molecule has 2 N–H and O–H groups in total. The number of nitrogens with two attached hydrogens (primary N) is 1. The third kappa shape index (κ3) is 1.63. The normalized spacial score (nSPS) is 28.2. The van der Waals surface area contributed by atoms with Crippen LogP contribution in [-0.2, 0) is 14.3 Å². The minimum atomic E-state index is -4.99. The summed E-state index contributed by atoms with van der Waals surface area (Å²) in [6, 6.07) is 0. The lowest BCUT2D eigenvalue weighted by Gasteiger charge is -2.05. The van der Waals surface area contributed by atoms with Gasteiger partial charge in [-0.3, -0.25) is 4.18 Å². The maximum atomic E-state index is 12.1. The number of rotatable bonds is 0. The van der Waals surface area contributed by atoms with Crippen LogP contribution in [0.3, 0.4) is 0 Å². The number of halogens is 3. The summed E-state index contributed by atoms with van der Waals surface area (Å²) in [5.41, 5.74) is 4.14. The van der Waals surface area contributed by atoms with Gasteiger partial charge in [-0.1, -0.05) is 0 Å². The molecule has 76 valence electrons. The third-order valence-corrected chi connectivity index (χ3v) is 2.99. The van der Waals surface area contributed by atoms with Crippen molar-refractivity contribution in [3.63, 3.8) is 0 Å². The van der Waals surface area contributed by atoms with Crippen LogP contribution in [0.15, 0.2) is 10.6 Å². The van der Waals surface area contributed by atoms with Gasteiger partial charge >= 0.3 is 16.3 Å². The van der Waals surface area contributed by atoms with E-state index in [4.69, 9.17) is 5.73 Å². The molecular formula is C5H6F3NO3S. The summed E-state index contributed by atoms with van der Waals surface area (Å²) < 4.78 is 61.8. The van der Waals surface area contributed by atoms with Gasteiger partial charge in [-0.25, -0.2) is 0 Å². The maximum Gasteiger partial charge on any atom is 0.431 e. The Morgan fingerprint density at radius 3 is 2.08 bits per heavy atom. The molecule has 1 aliphatic heterocycles. The van der Waals surface area contributed by atoms with E-state index in [-0.39, 0.29) is 0 Å². The van der Waals surface area contributed by atoms with Crippen LogP contribution in [0.25, 0.3) is 0 Å². The first-order valence-electron chi connectivity index (χ1n) is 3.16. The fourth-order valence-corrected chi connectivity index (χ4v) is 2.24. The van der Waals surface area contributed by atoms with E-state index < -0.39 is 33.0 Å². The second-order valence-electron chi connectivity index (χ2n) is 2.47. The zero-order chi connectivity index (χ0) is 10.4. The molecule has 1 atom stereocenters. The van der Waals surface area contributed by atoms with Crippen LogP contribution >= 0.6 is 0 Å². The van der Waals surface area contributed by atoms with Crippen LogP contribution in [0.2, 0.25) is 0 Å². The molecule has 0 aromatic carbocycles. The summed E-state index contributed by atoms with van der Waals surface area (Å²) in [5, 5.41) is 0. The molecule has 0 saturated heterocycles. The average Bonchev–Trinajstić information content (AvgIpc) is 1.99.